The summed E-state index contributed by atoms with van der Waals surface area (Å²) in [4.78, 5) is 47.2. The second-order valence-electron chi connectivity index (χ2n) is 9.47. The zero-order valence-electron chi connectivity index (χ0n) is 19.6. The van der Waals surface area contributed by atoms with Gasteiger partial charge >= 0.3 is 0 Å². The van der Waals surface area contributed by atoms with Gasteiger partial charge in [-0.05, 0) is 53.4 Å². The van der Waals surface area contributed by atoms with Crippen molar-refractivity contribution in [2.24, 2.45) is 0 Å². The van der Waals surface area contributed by atoms with E-state index in [4.69, 9.17) is 0 Å². The maximum absolute atomic E-state index is 14.2. The fourth-order valence-electron chi connectivity index (χ4n) is 5.25. The second kappa shape index (κ2) is 9.60. The summed E-state index contributed by atoms with van der Waals surface area (Å²) in [7, 11) is 0. The number of nitrogens with zero attached hydrogens (tertiary/aromatic N) is 3. The van der Waals surface area contributed by atoms with E-state index in [-0.39, 0.29) is 37.0 Å². The van der Waals surface area contributed by atoms with Crippen molar-refractivity contribution < 1.29 is 23.2 Å². The number of hydrogen-bond donors (Lipinski definition) is 0. The fourth-order valence-corrected chi connectivity index (χ4v) is 5.25. The van der Waals surface area contributed by atoms with Crippen LogP contribution in [0.2, 0.25) is 0 Å². The minimum absolute atomic E-state index is 0.0348. The van der Waals surface area contributed by atoms with Gasteiger partial charge in [-0.2, -0.15) is 0 Å². The number of imide groups is 1. The van der Waals surface area contributed by atoms with Gasteiger partial charge in [0.25, 0.3) is 0 Å². The van der Waals surface area contributed by atoms with Gasteiger partial charge in [-0.3, -0.25) is 24.3 Å². The van der Waals surface area contributed by atoms with Crippen molar-refractivity contribution in [1.82, 2.24) is 14.8 Å². The van der Waals surface area contributed by atoms with Gasteiger partial charge in [0.2, 0.25) is 17.7 Å². The molecule has 0 radical (unpaired) electrons. The van der Waals surface area contributed by atoms with E-state index in [9.17, 15) is 23.2 Å². The highest BCUT2D eigenvalue weighted by molar-refractivity contribution is 6.10. The molecule has 5 rings (SSSR count). The number of carbonyl (C=O) groups excluding carboxylic acids is 3. The lowest BCUT2D eigenvalue weighted by Crippen LogP contribution is -2.43. The van der Waals surface area contributed by atoms with E-state index in [1.165, 1.54) is 30.3 Å². The van der Waals surface area contributed by atoms with E-state index in [1.54, 1.807) is 47.6 Å². The van der Waals surface area contributed by atoms with E-state index in [1.807, 2.05) is 0 Å². The zero-order valence-corrected chi connectivity index (χ0v) is 19.6. The molecule has 1 aromatic heterocycles. The van der Waals surface area contributed by atoms with E-state index in [2.05, 4.69) is 4.98 Å². The van der Waals surface area contributed by atoms with Crippen molar-refractivity contribution in [3.05, 3.63) is 101 Å². The van der Waals surface area contributed by atoms with E-state index < -0.39 is 23.0 Å². The molecule has 2 aromatic carbocycles. The SMILES string of the molecule is O=C(CC1(c2cccc(F)c2)CC(=O)N(Cc2cccnc2)C1=O)N1CCC(c2ccc(F)cc2)C1. The smallest absolute Gasteiger partial charge is 0.241 e. The number of pyridine rings is 1. The lowest BCUT2D eigenvalue weighted by atomic mass is 9.75. The molecule has 3 aromatic rings. The van der Waals surface area contributed by atoms with Crippen molar-refractivity contribution in [3.63, 3.8) is 0 Å². The quantitative estimate of drug-likeness (QED) is 0.492. The number of rotatable bonds is 6. The van der Waals surface area contributed by atoms with Gasteiger partial charge in [-0.15, -0.1) is 0 Å². The topological polar surface area (TPSA) is 70.6 Å². The van der Waals surface area contributed by atoms with Crippen LogP contribution in [-0.4, -0.2) is 45.6 Å². The highest BCUT2D eigenvalue weighted by Gasteiger charge is 2.54. The van der Waals surface area contributed by atoms with Crippen molar-refractivity contribution in [2.45, 2.75) is 37.1 Å². The minimum atomic E-state index is -1.48. The third kappa shape index (κ3) is 4.51. The standard InChI is InChI=1S/C28H25F2N3O3/c29-23-8-6-20(7-9-23)21-10-12-32(18-21)25(34)14-28(22-4-1-5-24(30)13-22)15-26(35)33(27(28)36)17-19-3-2-11-31-16-19/h1-9,11,13,16,21H,10,12,14-15,17-18H2. The Kier molecular flexibility index (Phi) is 6.35. The summed E-state index contributed by atoms with van der Waals surface area (Å²) in [6.45, 7) is 0.958. The first-order chi connectivity index (χ1) is 17.4. The highest BCUT2D eigenvalue weighted by atomic mass is 19.1. The van der Waals surface area contributed by atoms with Crippen LogP contribution in [0, 0.1) is 11.6 Å². The molecular weight excluding hydrogens is 464 g/mol. The molecule has 3 heterocycles. The molecule has 0 saturated carbocycles. The Labute approximate surface area is 207 Å². The van der Waals surface area contributed by atoms with Crippen molar-refractivity contribution in [1.29, 1.82) is 0 Å². The molecule has 184 valence electrons. The monoisotopic (exact) mass is 489 g/mol. The summed E-state index contributed by atoms with van der Waals surface area (Å²) in [5, 5.41) is 0. The molecule has 2 aliphatic rings. The Bertz CT molecular complexity index is 1300. The lowest BCUT2D eigenvalue weighted by molar-refractivity contribution is -0.143. The first-order valence-corrected chi connectivity index (χ1v) is 11.9. The van der Waals surface area contributed by atoms with Crippen LogP contribution in [0.1, 0.15) is 41.9 Å². The van der Waals surface area contributed by atoms with Gasteiger partial charge in [-0.1, -0.05) is 30.3 Å². The average molecular weight is 490 g/mol. The molecule has 8 heteroatoms. The molecule has 2 fully saturated rings. The van der Waals surface area contributed by atoms with Gasteiger partial charge in [-0.25, -0.2) is 8.78 Å². The zero-order chi connectivity index (χ0) is 25.3. The molecule has 2 saturated heterocycles. The number of benzene rings is 2. The molecule has 0 N–H and O–H groups in total. The Morgan fingerprint density at radius 2 is 1.83 bits per heavy atom. The number of hydrogen-bond acceptors (Lipinski definition) is 4. The molecular formula is C28H25F2N3O3. The summed E-state index contributed by atoms with van der Waals surface area (Å²) in [6, 6.07) is 15.3. The van der Waals surface area contributed by atoms with Crippen LogP contribution in [0.3, 0.4) is 0 Å². The summed E-state index contributed by atoms with van der Waals surface area (Å²) >= 11 is 0. The van der Waals surface area contributed by atoms with E-state index >= 15 is 0 Å². The molecule has 0 spiro atoms. The van der Waals surface area contributed by atoms with E-state index in [0.717, 1.165) is 10.5 Å². The van der Waals surface area contributed by atoms with Crippen LogP contribution < -0.4 is 0 Å². The first-order valence-electron chi connectivity index (χ1n) is 11.9. The fraction of sp³-hybridized carbons (Fsp3) is 0.286. The number of amides is 3. The lowest BCUT2D eigenvalue weighted by Gasteiger charge is -2.29. The molecule has 2 aliphatic heterocycles. The van der Waals surface area contributed by atoms with Crippen LogP contribution in [0.25, 0.3) is 0 Å². The molecule has 2 unspecified atom stereocenters. The van der Waals surface area contributed by atoms with Gasteiger partial charge < -0.3 is 4.90 Å². The molecule has 6 nitrogen and oxygen atoms in total. The van der Waals surface area contributed by atoms with Crippen LogP contribution in [-0.2, 0) is 26.3 Å². The third-order valence-electron chi connectivity index (χ3n) is 7.18. The van der Waals surface area contributed by atoms with Gasteiger partial charge in [0.15, 0.2) is 0 Å². The van der Waals surface area contributed by atoms with Crippen LogP contribution >= 0.6 is 0 Å². The second-order valence-corrected chi connectivity index (χ2v) is 9.47. The molecule has 0 aliphatic carbocycles. The maximum atomic E-state index is 14.2. The third-order valence-corrected chi connectivity index (χ3v) is 7.18. The van der Waals surface area contributed by atoms with Gasteiger partial charge in [0.1, 0.15) is 11.6 Å². The molecule has 3 amide bonds. The number of likely N-dealkylation sites (tertiary alicyclic amines) is 2. The highest BCUT2D eigenvalue weighted by Crippen LogP contribution is 2.42. The Hall–Kier alpha value is -3.94. The summed E-state index contributed by atoms with van der Waals surface area (Å²) < 4.78 is 27.5. The number of aromatic nitrogens is 1. The van der Waals surface area contributed by atoms with Gasteiger partial charge in [0, 0.05) is 44.2 Å². The van der Waals surface area contributed by atoms with Crippen molar-refractivity contribution in [3.8, 4) is 0 Å². The Balaban J connectivity index is 1.40. The number of halogens is 2. The molecule has 36 heavy (non-hydrogen) atoms. The first kappa shape index (κ1) is 23.8. The van der Waals surface area contributed by atoms with Crippen molar-refractivity contribution >= 4 is 17.7 Å². The average Bonchev–Trinajstić information content (AvgIpc) is 3.46. The van der Waals surface area contributed by atoms with Crippen molar-refractivity contribution in [2.75, 3.05) is 13.1 Å². The Morgan fingerprint density at radius 3 is 2.56 bits per heavy atom. The Morgan fingerprint density at radius 1 is 1.03 bits per heavy atom. The maximum Gasteiger partial charge on any atom is 0.241 e. The summed E-state index contributed by atoms with van der Waals surface area (Å²) in [5.74, 6) is -1.99. The van der Waals surface area contributed by atoms with Gasteiger partial charge in [0.05, 0.1) is 12.0 Å². The minimum Gasteiger partial charge on any atom is -0.342 e. The predicted molar refractivity (Wildman–Crippen MR) is 127 cm³/mol. The predicted octanol–water partition coefficient (Wildman–Crippen LogP) is 3.96. The molecule has 0 bridgehead atoms. The summed E-state index contributed by atoms with van der Waals surface area (Å²) in [6.07, 6.45) is 3.44. The largest absolute Gasteiger partial charge is 0.342 e. The normalized spacial score (nSPS) is 21.9. The van der Waals surface area contributed by atoms with Crippen LogP contribution in [0.15, 0.2) is 73.1 Å². The van der Waals surface area contributed by atoms with E-state index in [0.29, 0.717) is 30.6 Å². The summed E-state index contributed by atoms with van der Waals surface area (Å²) in [5.41, 5.74) is 0.465. The van der Waals surface area contributed by atoms with Crippen LogP contribution in [0.5, 0.6) is 0 Å². The number of carbonyl (C=O) groups is 3. The van der Waals surface area contributed by atoms with Crippen LogP contribution in [0.4, 0.5) is 8.78 Å². The molecule has 2 atom stereocenters.